The van der Waals surface area contributed by atoms with Gasteiger partial charge in [0.25, 0.3) is 15.9 Å². The van der Waals surface area contributed by atoms with Crippen LogP contribution in [0, 0.1) is 27.7 Å². The Morgan fingerprint density at radius 1 is 0.921 bits per heavy atom. The number of carbonyl (C=O) groups excluding carboxylic acids is 1. The van der Waals surface area contributed by atoms with Gasteiger partial charge in [0.2, 0.25) is 5.88 Å². The van der Waals surface area contributed by atoms with Gasteiger partial charge in [-0.05, 0) is 75.2 Å². The van der Waals surface area contributed by atoms with E-state index < -0.39 is 15.9 Å². The smallest absolute Gasteiger partial charge is 0.281 e. The quantitative estimate of drug-likeness (QED) is 0.363. The molecule has 0 unspecified atom stereocenters. The van der Waals surface area contributed by atoms with Crippen molar-refractivity contribution in [3.63, 3.8) is 0 Å². The van der Waals surface area contributed by atoms with Gasteiger partial charge in [-0.2, -0.15) is 8.42 Å². The highest BCUT2D eigenvalue weighted by Gasteiger charge is 2.24. The zero-order chi connectivity index (χ0) is 27.6. The predicted octanol–water partition coefficient (Wildman–Crippen LogP) is 4.75. The molecule has 1 aromatic carbocycles. The Hall–Kier alpha value is -4.31. The van der Waals surface area contributed by atoms with Crippen LogP contribution in [0.5, 0.6) is 11.6 Å². The number of rotatable bonds is 7. The number of nitrogens with zero attached hydrogens (tertiary/aromatic N) is 4. The van der Waals surface area contributed by atoms with E-state index in [9.17, 15) is 13.2 Å². The van der Waals surface area contributed by atoms with Gasteiger partial charge in [-0.3, -0.25) is 4.79 Å². The third-order valence-electron chi connectivity index (χ3n) is 5.78. The largest absolute Gasteiger partial charge is 0.438 e. The van der Waals surface area contributed by atoms with Crippen LogP contribution in [0.3, 0.4) is 0 Å². The van der Waals surface area contributed by atoms with Gasteiger partial charge in [0.1, 0.15) is 17.1 Å². The number of aromatic nitrogens is 3. The minimum Gasteiger partial charge on any atom is -0.438 e. The molecule has 0 saturated carbocycles. The molecule has 0 spiro atoms. The highest BCUT2D eigenvalue weighted by Crippen LogP contribution is 2.32. The van der Waals surface area contributed by atoms with Crippen LogP contribution in [0.15, 0.2) is 65.8 Å². The number of nitrogens with one attached hydrogen (secondary N) is 1. The Morgan fingerprint density at radius 2 is 1.63 bits per heavy atom. The summed E-state index contributed by atoms with van der Waals surface area (Å²) < 4.78 is 34.1. The van der Waals surface area contributed by atoms with E-state index in [0.717, 1.165) is 22.5 Å². The SMILES string of the molecule is Cc1cc(C)c(Oc2nc(-c3ccc(N(C)C)nc3)ccc2C(=O)NS(=O)(=O)c2cccc(C)n2)c(C)c1. The van der Waals surface area contributed by atoms with Crippen LogP contribution in [0.25, 0.3) is 11.3 Å². The second-order valence-corrected chi connectivity index (χ2v) is 10.9. The predicted molar refractivity (Wildman–Crippen MR) is 146 cm³/mol. The lowest BCUT2D eigenvalue weighted by Gasteiger charge is -2.16. The Balaban J connectivity index is 1.77. The molecular formula is C28H29N5O4S. The molecule has 0 aliphatic rings. The van der Waals surface area contributed by atoms with Crippen LogP contribution in [-0.2, 0) is 10.0 Å². The summed E-state index contributed by atoms with van der Waals surface area (Å²) >= 11 is 0. The van der Waals surface area contributed by atoms with Crippen molar-refractivity contribution in [2.45, 2.75) is 32.7 Å². The minimum atomic E-state index is -4.23. The van der Waals surface area contributed by atoms with E-state index in [1.807, 2.05) is 64.0 Å². The minimum absolute atomic E-state index is 0.0286. The maximum Gasteiger partial charge on any atom is 0.281 e. The van der Waals surface area contributed by atoms with Crippen LogP contribution >= 0.6 is 0 Å². The molecule has 1 amide bonds. The Labute approximate surface area is 222 Å². The number of pyridine rings is 3. The fraction of sp³-hybridized carbons (Fsp3) is 0.214. The molecule has 0 radical (unpaired) electrons. The number of benzene rings is 1. The topological polar surface area (TPSA) is 114 Å². The molecule has 196 valence electrons. The van der Waals surface area contributed by atoms with Crippen molar-refractivity contribution < 1.29 is 17.9 Å². The van der Waals surface area contributed by atoms with Gasteiger partial charge in [-0.15, -0.1) is 0 Å². The molecule has 10 heteroatoms. The number of ether oxygens (including phenoxy) is 1. The van der Waals surface area contributed by atoms with Crippen LogP contribution in [0.4, 0.5) is 5.82 Å². The third kappa shape index (κ3) is 5.81. The molecule has 38 heavy (non-hydrogen) atoms. The Morgan fingerprint density at radius 3 is 2.24 bits per heavy atom. The fourth-order valence-electron chi connectivity index (χ4n) is 3.98. The van der Waals surface area contributed by atoms with E-state index in [-0.39, 0.29) is 16.5 Å². The highest BCUT2D eigenvalue weighted by molar-refractivity contribution is 7.90. The average Bonchev–Trinajstić information content (AvgIpc) is 2.86. The number of anilines is 1. The molecule has 0 saturated heterocycles. The summed E-state index contributed by atoms with van der Waals surface area (Å²) in [6.07, 6.45) is 1.68. The lowest BCUT2D eigenvalue weighted by Crippen LogP contribution is -2.31. The lowest BCUT2D eigenvalue weighted by molar-refractivity contribution is 0.0978. The van der Waals surface area contributed by atoms with Gasteiger partial charge < -0.3 is 9.64 Å². The van der Waals surface area contributed by atoms with Gasteiger partial charge in [-0.25, -0.2) is 19.7 Å². The summed E-state index contributed by atoms with van der Waals surface area (Å²) in [4.78, 5) is 28.2. The van der Waals surface area contributed by atoms with E-state index in [1.165, 1.54) is 12.1 Å². The number of hydrogen-bond acceptors (Lipinski definition) is 8. The van der Waals surface area contributed by atoms with Crippen LogP contribution in [0.1, 0.15) is 32.7 Å². The number of hydrogen-bond donors (Lipinski definition) is 1. The maximum atomic E-state index is 13.3. The van der Waals surface area contributed by atoms with Gasteiger partial charge in [0, 0.05) is 31.5 Å². The number of aryl methyl sites for hydroxylation is 4. The van der Waals surface area contributed by atoms with Crippen molar-refractivity contribution in [2.75, 3.05) is 19.0 Å². The monoisotopic (exact) mass is 531 g/mol. The van der Waals surface area contributed by atoms with Crippen LogP contribution in [-0.4, -0.2) is 43.4 Å². The van der Waals surface area contributed by atoms with Crippen LogP contribution in [0.2, 0.25) is 0 Å². The first kappa shape index (κ1) is 26.7. The molecule has 0 aliphatic heterocycles. The van der Waals surface area contributed by atoms with E-state index in [2.05, 4.69) is 19.7 Å². The zero-order valence-electron chi connectivity index (χ0n) is 22.1. The first-order valence-electron chi connectivity index (χ1n) is 11.9. The lowest BCUT2D eigenvalue weighted by atomic mass is 10.1. The summed E-state index contributed by atoms with van der Waals surface area (Å²) in [5.74, 6) is 0.408. The molecule has 4 rings (SSSR count). The van der Waals surface area contributed by atoms with Crippen molar-refractivity contribution in [2.24, 2.45) is 0 Å². The molecule has 0 atom stereocenters. The van der Waals surface area contributed by atoms with Crippen molar-refractivity contribution in [1.29, 1.82) is 0 Å². The number of sulfonamides is 1. The highest BCUT2D eigenvalue weighted by atomic mass is 32.2. The molecule has 3 aromatic heterocycles. The molecule has 0 aliphatic carbocycles. The Bertz CT molecular complexity index is 1590. The summed E-state index contributed by atoms with van der Waals surface area (Å²) in [5, 5.41) is -0.254. The number of carbonyl (C=O) groups is 1. The van der Waals surface area contributed by atoms with E-state index in [0.29, 0.717) is 22.7 Å². The third-order valence-corrected chi connectivity index (χ3v) is 7.01. The normalized spacial score (nSPS) is 11.2. The van der Waals surface area contributed by atoms with E-state index in [1.54, 1.807) is 31.3 Å². The standard InChI is InChI=1S/C28H29N5O4S/c1-17-14-18(2)26(19(3)15-17)37-28-22(27(34)32-38(35,36)25-9-7-8-20(4)30-25)11-12-23(31-28)21-10-13-24(29-16-21)33(5)6/h7-16H,1-6H3,(H,32,34). The van der Waals surface area contributed by atoms with Crippen LogP contribution < -0.4 is 14.4 Å². The van der Waals surface area contributed by atoms with Crippen molar-refractivity contribution in [1.82, 2.24) is 19.7 Å². The molecule has 1 N–H and O–H groups in total. The van der Waals surface area contributed by atoms with Crippen molar-refractivity contribution >= 4 is 21.7 Å². The Kier molecular flexibility index (Phi) is 7.45. The van der Waals surface area contributed by atoms with Gasteiger partial charge in [0.05, 0.1) is 5.69 Å². The molecule has 3 heterocycles. The summed E-state index contributed by atoms with van der Waals surface area (Å²) in [7, 11) is -0.436. The summed E-state index contributed by atoms with van der Waals surface area (Å²) in [5.41, 5.74) is 4.47. The first-order valence-corrected chi connectivity index (χ1v) is 13.3. The molecule has 0 fully saturated rings. The summed E-state index contributed by atoms with van der Waals surface area (Å²) in [6, 6.07) is 15.3. The fourth-order valence-corrected chi connectivity index (χ4v) is 4.96. The molecule has 9 nitrogen and oxygen atoms in total. The first-order chi connectivity index (χ1) is 17.9. The number of amides is 1. The van der Waals surface area contributed by atoms with Crippen molar-refractivity contribution in [3.8, 4) is 22.9 Å². The van der Waals surface area contributed by atoms with Crippen molar-refractivity contribution in [3.05, 3.63) is 88.7 Å². The van der Waals surface area contributed by atoms with Gasteiger partial charge >= 0.3 is 0 Å². The van der Waals surface area contributed by atoms with E-state index in [4.69, 9.17) is 4.74 Å². The molecule has 4 aromatic rings. The second kappa shape index (κ2) is 10.6. The molecule has 0 bridgehead atoms. The second-order valence-electron chi connectivity index (χ2n) is 9.23. The van der Waals surface area contributed by atoms with Gasteiger partial charge in [-0.1, -0.05) is 23.8 Å². The average molecular weight is 532 g/mol. The maximum absolute atomic E-state index is 13.3. The summed E-state index contributed by atoms with van der Waals surface area (Å²) in [6.45, 7) is 7.45. The zero-order valence-corrected chi connectivity index (χ0v) is 22.9. The van der Waals surface area contributed by atoms with E-state index >= 15 is 0 Å². The van der Waals surface area contributed by atoms with Gasteiger partial charge in [0.15, 0.2) is 5.03 Å². The molecular weight excluding hydrogens is 502 g/mol.